The Hall–Kier alpha value is -4.17. The molecule has 1 unspecified atom stereocenters. The first-order chi connectivity index (χ1) is 19.3. The summed E-state index contributed by atoms with van der Waals surface area (Å²) < 4.78 is 5.80. The largest absolute Gasteiger partial charge is 0.479 e. The topological polar surface area (TPSA) is 99.2 Å². The summed E-state index contributed by atoms with van der Waals surface area (Å²) in [5.74, 6) is -1.51. The van der Waals surface area contributed by atoms with E-state index in [0.29, 0.717) is 32.4 Å². The van der Waals surface area contributed by atoms with Crippen LogP contribution in [0.3, 0.4) is 0 Å². The number of carbonyl (C=O) groups is 3. The minimum Gasteiger partial charge on any atom is -0.479 e. The lowest BCUT2D eigenvalue weighted by molar-refractivity contribution is -0.153. The summed E-state index contributed by atoms with van der Waals surface area (Å²) >= 11 is 0. The van der Waals surface area contributed by atoms with Crippen molar-refractivity contribution in [2.24, 2.45) is 0 Å². The van der Waals surface area contributed by atoms with Gasteiger partial charge in [-0.05, 0) is 47.1 Å². The third-order valence-electron chi connectivity index (χ3n) is 8.76. The summed E-state index contributed by atoms with van der Waals surface area (Å²) in [6, 6.07) is 26.2. The number of ether oxygens (including phenoxy) is 1. The highest BCUT2D eigenvalue weighted by molar-refractivity contribution is 5.96. The molecule has 3 aromatic carbocycles. The molecule has 0 aromatic heterocycles. The van der Waals surface area contributed by atoms with E-state index in [4.69, 9.17) is 4.74 Å². The first kappa shape index (κ1) is 26.1. The molecular formula is C32H33N3O5. The average Bonchev–Trinajstić information content (AvgIpc) is 3.61. The van der Waals surface area contributed by atoms with Crippen LogP contribution in [0.25, 0.3) is 11.1 Å². The van der Waals surface area contributed by atoms with E-state index >= 15 is 0 Å². The summed E-state index contributed by atoms with van der Waals surface area (Å²) in [7, 11) is 1.53. The lowest BCUT2D eigenvalue weighted by Gasteiger charge is -2.36. The molecule has 2 fully saturated rings. The Labute approximate surface area is 233 Å². The minimum atomic E-state index is -1.28. The Bertz CT molecular complexity index is 1410. The molecule has 8 nitrogen and oxygen atoms in total. The summed E-state index contributed by atoms with van der Waals surface area (Å²) in [6.07, 6.45) is 0.493. The number of nitrogens with zero attached hydrogens (tertiary/aromatic N) is 2. The molecule has 3 aliphatic rings. The van der Waals surface area contributed by atoms with E-state index in [1.165, 1.54) is 11.9 Å². The molecule has 1 heterocycles. The Morgan fingerprint density at radius 2 is 1.52 bits per heavy atom. The highest BCUT2D eigenvalue weighted by atomic mass is 16.5. The van der Waals surface area contributed by atoms with Gasteiger partial charge in [-0.2, -0.15) is 0 Å². The first-order valence-corrected chi connectivity index (χ1v) is 13.7. The van der Waals surface area contributed by atoms with Crippen molar-refractivity contribution >= 4 is 18.0 Å². The van der Waals surface area contributed by atoms with Gasteiger partial charge in [0, 0.05) is 32.6 Å². The molecule has 1 atom stereocenters. The van der Waals surface area contributed by atoms with Crippen LogP contribution < -0.4 is 5.32 Å². The number of hydrogen-bond acceptors (Lipinski definition) is 5. The Kier molecular flexibility index (Phi) is 6.58. The van der Waals surface area contributed by atoms with Crippen LogP contribution in [-0.4, -0.2) is 70.7 Å². The zero-order valence-corrected chi connectivity index (χ0v) is 22.5. The first-order valence-electron chi connectivity index (χ1n) is 13.7. The number of likely N-dealkylation sites (N-methyl/N-ethyl adjacent to an activating group) is 1. The molecule has 1 aliphatic heterocycles. The molecule has 3 aromatic rings. The molecule has 0 spiro atoms. The average molecular weight is 540 g/mol. The van der Waals surface area contributed by atoms with Crippen LogP contribution in [-0.2, 0) is 20.9 Å². The second kappa shape index (κ2) is 10.1. The molecule has 8 heteroatoms. The second-order valence-corrected chi connectivity index (χ2v) is 11.2. The standard InChI is InChI=1S/C32H33N3O5/c1-34(32(15-16-32)29(37)38)28(36)31(17-18-35(21-31)19-22-9-3-2-4-10-22)33-30(39)40-20-27-25-13-7-5-11-23(25)24-12-6-8-14-26(24)27/h2-14,27H,15-21H2,1H3,(H,33,39)(H,37,38). The van der Waals surface area contributed by atoms with Gasteiger partial charge in [-0.3, -0.25) is 9.69 Å². The number of rotatable bonds is 8. The fraction of sp³-hybridized carbons (Fsp3) is 0.344. The summed E-state index contributed by atoms with van der Waals surface area (Å²) in [6.45, 7) is 1.60. The van der Waals surface area contributed by atoms with Crippen molar-refractivity contribution in [2.75, 3.05) is 26.7 Å². The fourth-order valence-electron chi connectivity index (χ4n) is 6.35. The Balaban J connectivity index is 1.20. The van der Waals surface area contributed by atoms with Gasteiger partial charge in [-0.1, -0.05) is 78.9 Å². The SMILES string of the molecule is CN(C(=O)C1(NC(=O)OCC2c3ccccc3-c3ccccc32)CCN(Cc2ccccc2)C1)C1(C(=O)O)CC1. The maximum atomic E-state index is 13.9. The number of benzene rings is 3. The van der Waals surface area contributed by atoms with E-state index < -0.39 is 29.0 Å². The Morgan fingerprint density at radius 1 is 0.925 bits per heavy atom. The monoisotopic (exact) mass is 539 g/mol. The maximum Gasteiger partial charge on any atom is 0.408 e. The number of likely N-dealkylation sites (tertiary alicyclic amines) is 1. The smallest absolute Gasteiger partial charge is 0.408 e. The van der Waals surface area contributed by atoms with Crippen LogP contribution in [0.15, 0.2) is 78.9 Å². The van der Waals surface area contributed by atoms with E-state index in [9.17, 15) is 19.5 Å². The maximum absolute atomic E-state index is 13.9. The molecule has 2 N–H and O–H groups in total. The van der Waals surface area contributed by atoms with E-state index in [2.05, 4.69) is 34.5 Å². The number of nitrogens with one attached hydrogen (secondary N) is 1. The summed E-state index contributed by atoms with van der Waals surface area (Å²) in [5, 5.41) is 12.7. The van der Waals surface area contributed by atoms with E-state index in [-0.39, 0.29) is 19.1 Å². The van der Waals surface area contributed by atoms with Crippen LogP contribution in [0.4, 0.5) is 4.79 Å². The van der Waals surface area contributed by atoms with Gasteiger partial charge >= 0.3 is 12.1 Å². The van der Waals surface area contributed by atoms with Gasteiger partial charge in [0.1, 0.15) is 17.7 Å². The van der Waals surface area contributed by atoms with Crippen LogP contribution in [0, 0.1) is 0 Å². The highest BCUT2D eigenvalue weighted by Gasteiger charge is 2.59. The normalized spacial score (nSPS) is 20.8. The van der Waals surface area contributed by atoms with Gasteiger partial charge < -0.3 is 20.1 Å². The van der Waals surface area contributed by atoms with Crippen LogP contribution in [0.2, 0.25) is 0 Å². The number of carbonyl (C=O) groups excluding carboxylic acids is 2. The third-order valence-corrected chi connectivity index (χ3v) is 8.76. The molecule has 1 saturated carbocycles. The van der Waals surface area contributed by atoms with Gasteiger partial charge in [-0.15, -0.1) is 0 Å². The highest BCUT2D eigenvalue weighted by Crippen LogP contribution is 2.45. The second-order valence-electron chi connectivity index (χ2n) is 11.2. The van der Waals surface area contributed by atoms with Crippen LogP contribution in [0.1, 0.15) is 41.9 Å². The van der Waals surface area contributed by atoms with Crippen molar-refractivity contribution in [3.8, 4) is 11.1 Å². The number of fused-ring (bicyclic) bond motifs is 3. The van der Waals surface area contributed by atoms with Gasteiger partial charge in [0.25, 0.3) is 5.91 Å². The van der Waals surface area contributed by atoms with Gasteiger partial charge in [0.15, 0.2) is 0 Å². The van der Waals surface area contributed by atoms with E-state index in [1.54, 1.807) is 0 Å². The minimum absolute atomic E-state index is 0.104. The van der Waals surface area contributed by atoms with Crippen molar-refractivity contribution in [1.82, 2.24) is 15.1 Å². The lowest BCUT2D eigenvalue weighted by atomic mass is 9.95. The molecule has 2 amide bonds. The molecule has 1 saturated heterocycles. The van der Waals surface area contributed by atoms with Crippen molar-refractivity contribution in [3.05, 3.63) is 95.6 Å². The third kappa shape index (κ3) is 4.52. The quantitative estimate of drug-likeness (QED) is 0.444. The molecule has 206 valence electrons. The lowest BCUT2D eigenvalue weighted by Crippen LogP contribution is -2.63. The van der Waals surface area contributed by atoms with Crippen LogP contribution in [0.5, 0.6) is 0 Å². The van der Waals surface area contributed by atoms with Crippen molar-refractivity contribution in [1.29, 1.82) is 0 Å². The molecule has 6 rings (SSSR count). The number of hydrogen-bond donors (Lipinski definition) is 2. The predicted octanol–water partition coefficient (Wildman–Crippen LogP) is 4.25. The van der Waals surface area contributed by atoms with Crippen LogP contribution >= 0.6 is 0 Å². The number of carboxylic acid groups (broad SMARTS) is 1. The molecule has 0 radical (unpaired) electrons. The molecule has 0 bridgehead atoms. The zero-order valence-electron chi connectivity index (χ0n) is 22.5. The molecule has 40 heavy (non-hydrogen) atoms. The van der Waals surface area contributed by atoms with Crippen molar-refractivity contribution in [2.45, 2.75) is 42.8 Å². The number of alkyl carbamates (subject to hydrolysis) is 1. The Morgan fingerprint density at radius 3 is 2.12 bits per heavy atom. The zero-order chi connectivity index (χ0) is 27.9. The van der Waals surface area contributed by atoms with Gasteiger partial charge in [0.2, 0.25) is 0 Å². The molecular weight excluding hydrogens is 506 g/mol. The number of aliphatic carboxylic acids is 1. The number of amides is 2. The van der Waals surface area contributed by atoms with Crippen molar-refractivity contribution < 1.29 is 24.2 Å². The molecule has 2 aliphatic carbocycles. The summed E-state index contributed by atoms with van der Waals surface area (Å²) in [5.41, 5.74) is 3.09. The summed E-state index contributed by atoms with van der Waals surface area (Å²) in [4.78, 5) is 42.7. The van der Waals surface area contributed by atoms with E-state index in [0.717, 1.165) is 27.8 Å². The van der Waals surface area contributed by atoms with Crippen molar-refractivity contribution in [3.63, 3.8) is 0 Å². The number of carboxylic acids is 1. The predicted molar refractivity (Wildman–Crippen MR) is 150 cm³/mol. The fourth-order valence-corrected chi connectivity index (χ4v) is 6.35. The van der Waals surface area contributed by atoms with E-state index in [1.807, 2.05) is 54.6 Å². The van der Waals surface area contributed by atoms with Gasteiger partial charge in [-0.25, -0.2) is 9.59 Å². The van der Waals surface area contributed by atoms with Gasteiger partial charge in [0.05, 0.1) is 0 Å².